The SMILES string of the molecule is CN(c1ccc(F)cc1)c1c(Cl)cccc1CBr. The maximum atomic E-state index is 12.9. The highest BCUT2D eigenvalue weighted by molar-refractivity contribution is 9.08. The molecule has 0 aromatic heterocycles. The molecule has 1 nitrogen and oxygen atoms in total. The third-order valence-corrected chi connectivity index (χ3v) is 3.67. The van der Waals surface area contributed by atoms with E-state index in [4.69, 9.17) is 11.6 Å². The second-order valence-corrected chi connectivity index (χ2v) is 4.88. The zero-order valence-corrected chi connectivity index (χ0v) is 12.2. The first-order valence-electron chi connectivity index (χ1n) is 5.46. The predicted octanol–water partition coefficient (Wildman–Crippen LogP) is 5.14. The molecule has 0 saturated carbocycles. The van der Waals surface area contributed by atoms with E-state index in [0.29, 0.717) is 10.4 Å². The molecule has 94 valence electrons. The van der Waals surface area contributed by atoms with Crippen molar-refractivity contribution in [2.45, 2.75) is 5.33 Å². The minimum Gasteiger partial charge on any atom is -0.343 e. The first-order valence-corrected chi connectivity index (χ1v) is 6.96. The Bertz CT molecular complexity index is 542. The standard InChI is InChI=1S/C14H12BrClFN/c1-18(12-7-5-11(17)6-8-12)14-10(9-15)3-2-4-13(14)16/h2-8H,9H2,1H3. The molecule has 0 aliphatic carbocycles. The van der Waals surface area contributed by atoms with E-state index in [0.717, 1.165) is 16.9 Å². The molecule has 0 amide bonds. The molecule has 2 rings (SSSR count). The van der Waals surface area contributed by atoms with Gasteiger partial charge in [0.2, 0.25) is 0 Å². The van der Waals surface area contributed by atoms with E-state index in [1.54, 1.807) is 12.1 Å². The fourth-order valence-corrected chi connectivity index (χ4v) is 2.61. The van der Waals surface area contributed by atoms with Gasteiger partial charge in [-0.3, -0.25) is 0 Å². The van der Waals surface area contributed by atoms with Crippen LogP contribution in [0.3, 0.4) is 0 Å². The van der Waals surface area contributed by atoms with Gasteiger partial charge in [0.1, 0.15) is 5.82 Å². The Morgan fingerprint density at radius 3 is 2.44 bits per heavy atom. The third-order valence-electron chi connectivity index (χ3n) is 2.76. The number of nitrogens with zero attached hydrogens (tertiary/aromatic N) is 1. The zero-order valence-electron chi connectivity index (χ0n) is 9.83. The van der Waals surface area contributed by atoms with Crippen molar-refractivity contribution >= 4 is 38.9 Å². The van der Waals surface area contributed by atoms with Gasteiger partial charge in [-0.2, -0.15) is 0 Å². The van der Waals surface area contributed by atoms with Crippen LogP contribution in [0.25, 0.3) is 0 Å². The summed E-state index contributed by atoms with van der Waals surface area (Å²) in [4.78, 5) is 1.96. The number of benzene rings is 2. The van der Waals surface area contributed by atoms with Crippen molar-refractivity contribution in [3.05, 3.63) is 58.9 Å². The molecule has 0 bridgehead atoms. The molecular formula is C14H12BrClFN. The molecule has 0 fully saturated rings. The lowest BCUT2D eigenvalue weighted by Gasteiger charge is -2.23. The molecule has 18 heavy (non-hydrogen) atoms. The van der Waals surface area contributed by atoms with Crippen molar-refractivity contribution in [3.63, 3.8) is 0 Å². The van der Waals surface area contributed by atoms with E-state index in [1.165, 1.54) is 12.1 Å². The molecule has 0 heterocycles. The molecular weight excluding hydrogens is 317 g/mol. The summed E-state index contributed by atoms with van der Waals surface area (Å²) in [7, 11) is 1.92. The minimum atomic E-state index is -0.243. The van der Waals surface area contributed by atoms with Crippen LogP contribution < -0.4 is 4.90 Å². The second kappa shape index (κ2) is 5.72. The Morgan fingerprint density at radius 1 is 1.17 bits per heavy atom. The summed E-state index contributed by atoms with van der Waals surface area (Å²) in [6.07, 6.45) is 0. The second-order valence-electron chi connectivity index (χ2n) is 3.92. The topological polar surface area (TPSA) is 3.24 Å². The Balaban J connectivity index is 2.45. The van der Waals surface area contributed by atoms with Crippen LogP contribution in [0.5, 0.6) is 0 Å². The number of para-hydroxylation sites is 1. The number of anilines is 2. The maximum Gasteiger partial charge on any atom is 0.123 e. The van der Waals surface area contributed by atoms with E-state index < -0.39 is 0 Å². The van der Waals surface area contributed by atoms with E-state index in [-0.39, 0.29) is 5.82 Å². The summed E-state index contributed by atoms with van der Waals surface area (Å²) in [5.41, 5.74) is 2.92. The van der Waals surface area contributed by atoms with E-state index in [9.17, 15) is 4.39 Å². The monoisotopic (exact) mass is 327 g/mol. The van der Waals surface area contributed by atoms with Crippen molar-refractivity contribution in [2.75, 3.05) is 11.9 Å². The minimum absolute atomic E-state index is 0.243. The Labute approximate surface area is 119 Å². The number of halogens is 3. The van der Waals surface area contributed by atoms with E-state index in [1.807, 2.05) is 30.1 Å². The van der Waals surface area contributed by atoms with Crippen LogP contribution in [0.1, 0.15) is 5.56 Å². The summed E-state index contributed by atoms with van der Waals surface area (Å²) in [6, 6.07) is 12.1. The molecule has 0 saturated heterocycles. The number of alkyl halides is 1. The molecule has 0 radical (unpaired) electrons. The highest BCUT2D eigenvalue weighted by atomic mass is 79.9. The zero-order chi connectivity index (χ0) is 13.1. The molecule has 0 aliphatic heterocycles. The molecule has 0 aliphatic rings. The molecule has 0 N–H and O–H groups in total. The van der Waals surface area contributed by atoms with Gasteiger partial charge in [-0.1, -0.05) is 39.7 Å². The number of hydrogen-bond donors (Lipinski definition) is 0. The highest BCUT2D eigenvalue weighted by Crippen LogP contribution is 2.34. The van der Waals surface area contributed by atoms with Gasteiger partial charge in [-0.15, -0.1) is 0 Å². The van der Waals surface area contributed by atoms with Gasteiger partial charge in [0, 0.05) is 18.1 Å². The van der Waals surface area contributed by atoms with E-state index in [2.05, 4.69) is 15.9 Å². The van der Waals surface area contributed by atoms with Gasteiger partial charge < -0.3 is 4.90 Å². The largest absolute Gasteiger partial charge is 0.343 e. The van der Waals surface area contributed by atoms with Gasteiger partial charge in [0.25, 0.3) is 0 Å². The summed E-state index contributed by atoms with van der Waals surface area (Å²) in [5.74, 6) is -0.243. The van der Waals surface area contributed by atoms with Gasteiger partial charge in [0.15, 0.2) is 0 Å². The highest BCUT2D eigenvalue weighted by Gasteiger charge is 2.12. The van der Waals surface area contributed by atoms with Crippen LogP contribution in [-0.4, -0.2) is 7.05 Å². The van der Waals surface area contributed by atoms with Crippen LogP contribution >= 0.6 is 27.5 Å². The Kier molecular flexibility index (Phi) is 4.25. The average molecular weight is 329 g/mol. The maximum absolute atomic E-state index is 12.9. The fraction of sp³-hybridized carbons (Fsp3) is 0.143. The summed E-state index contributed by atoms with van der Waals surface area (Å²) in [5, 5.41) is 1.40. The number of rotatable bonds is 3. The van der Waals surface area contributed by atoms with Crippen molar-refractivity contribution in [1.29, 1.82) is 0 Å². The third kappa shape index (κ3) is 2.68. The van der Waals surface area contributed by atoms with Crippen LogP contribution in [0.4, 0.5) is 15.8 Å². The van der Waals surface area contributed by atoms with E-state index >= 15 is 0 Å². The van der Waals surface area contributed by atoms with Crippen molar-refractivity contribution in [1.82, 2.24) is 0 Å². The van der Waals surface area contributed by atoms with Crippen LogP contribution in [-0.2, 0) is 5.33 Å². The lowest BCUT2D eigenvalue weighted by molar-refractivity contribution is 0.628. The lowest BCUT2D eigenvalue weighted by atomic mass is 10.1. The van der Waals surface area contributed by atoms with Gasteiger partial charge in [-0.25, -0.2) is 4.39 Å². The normalized spacial score (nSPS) is 10.4. The van der Waals surface area contributed by atoms with Gasteiger partial charge >= 0.3 is 0 Å². The fourth-order valence-electron chi connectivity index (χ4n) is 1.84. The summed E-state index contributed by atoms with van der Waals surface area (Å²) in [6.45, 7) is 0. The lowest BCUT2D eigenvalue weighted by Crippen LogP contribution is -2.12. The quantitative estimate of drug-likeness (QED) is 0.705. The van der Waals surface area contributed by atoms with Crippen molar-refractivity contribution in [3.8, 4) is 0 Å². The molecule has 2 aromatic rings. The molecule has 0 atom stereocenters. The smallest absolute Gasteiger partial charge is 0.123 e. The van der Waals surface area contributed by atoms with Gasteiger partial charge in [-0.05, 0) is 35.9 Å². The van der Waals surface area contributed by atoms with Crippen molar-refractivity contribution in [2.24, 2.45) is 0 Å². The summed E-state index contributed by atoms with van der Waals surface area (Å²) >= 11 is 9.70. The summed E-state index contributed by atoms with van der Waals surface area (Å²) < 4.78 is 12.9. The molecule has 4 heteroatoms. The molecule has 2 aromatic carbocycles. The van der Waals surface area contributed by atoms with Gasteiger partial charge in [0.05, 0.1) is 10.7 Å². The first kappa shape index (κ1) is 13.4. The van der Waals surface area contributed by atoms with Crippen LogP contribution in [0.15, 0.2) is 42.5 Å². The van der Waals surface area contributed by atoms with Crippen LogP contribution in [0, 0.1) is 5.82 Å². The Hall–Kier alpha value is -1.06. The Morgan fingerprint density at radius 2 is 1.83 bits per heavy atom. The first-order chi connectivity index (χ1) is 8.63. The molecule has 0 unspecified atom stereocenters. The number of hydrogen-bond acceptors (Lipinski definition) is 1. The van der Waals surface area contributed by atoms with Crippen LogP contribution in [0.2, 0.25) is 5.02 Å². The van der Waals surface area contributed by atoms with Crippen molar-refractivity contribution < 1.29 is 4.39 Å². The predicted molar refractivity (Wildman–Crippen MR) is 78.5 cm³/mol. The molecule has 0 spiro atoms. The average Bonchev–Trinajstić information content (AvgIpc) is 2.38.